The van der Waals surface area contributed by atoms with E-state index in [2.05, 4.69) is 20.0 Å². The van der Waals surface area contributed by atoms with Gasteiger partial charge in [-0.1, -0.05) is 11.3 Å². The van der Waals surface area contributed by atoms with E-state index in [1.807, 2.05) is 0 Å². The summed E-state index contributed by atoms with van der Waals surface area (Å²) in [7, 11) is 1.74. The molecule has 0 bridgehead atoms. The number of thiazole rings is 1. The highest BCUT2D eigenvalue weighted by Crippen LogP contribution is 2.33. The van der Waals surface area contributed by atoms with Gasteiger partial charge in [0.05, 0.1) is 26.8 Å². The predicted molar refractivity (Wildman–Crippen MR) is 110 cm³/mol. The van der Waals surface area contributed by atoms with Crippen molar-refractivity contribution in [1.29, 1.82) is 0 Å². The summed E-state index contributed by atoms with van der Waals surface area (Å²) in [5.74, 6) is -1.42. The van der Waals surface area contributed by atoms with Crippen molar-refractivity contribution in [3.05, 3.63) is 42.0 Å². The smallest absolute Gasteiger partial charge is 0.452 e. The molecule has 0 radical (unpaired) electrons. The second-order valence-corrected chi connectivity index (χ2v) is 7.59. The highest BCUT2D eigenvalue weighted by molar-refractivity contribution is 7.22. The molecule has 0 spiro atoms. The van der Waals surface area contributed by atoms with E-state index in [-0.39, 0.29) is 11.3 Å². The summed E-state index contributed by atoms with van der Waals surface area (Å²) in [4.78, 5) is 31.6. The molecule has 32 heavy (non-hydrogen) atoms. The van der Waals surface area contributed by atoms with Crippen LogP contribution in [0.4, 0.5) is 24.3 Å². The number of nitrogens with zero attached hydrogens (tertiary/aromatic N) is 3. The van der Waals surface area contributed by atoms with Crippen LogP contribution in [0.25, 0.3) is 21.3 Å². The number of rotatable bonds is 6. The molecule has 0 aliphatic heterocycles. The third-order valence-electron chi connectivity index (χ3n) is 4.27. The summed E-state index contributed by atoms with van der Waals surface area (Å²) in [5, 5.41) is 3.43. The number of alkyl halides is 3. The van der Waals surface area contributed by atoms with Crippen molar-refractivity contribution in [2.24, 2.45) is 12.8 Å². The van der Waals surface area contributed by atoms with Gasteiger partial charge in [0, 0.05) is 13.1 Å². The van der Waals surface area contributed by atoms with Gasteiger partial charge < -0.3 is 25.1 Å². The summed E-state index contributed by atoms with van der Waals surface area (Å²) in [6.45, 7) is -0.529. The average Bonchev–Trinajstić information content (AvgIpc) is 3.24. The third kappa shape index (κ3) is 4.56. The molecule has 2 aromatic carbocycles. The van der Waals surface area contributed by atoms with E-state index in [0.29, 0.717) is 32.3 Å². The van der Waals surface area contributed by atoms with Crippen molar-refractivity contribution in [3.8, 4) is 5.75 Å². The number of nitrogens with two attached hydrogens (primary N) is 1. The lowest BCUT2D eigenvalue weighted by Gasteiger charge is -2.07. The van der Waals surface area contributed by atoms with Gasteiger partial charge in [-0.25, -0.2) is 14.8 Å². The molecule has 0 aliphatic carbocycles. The Bertz CT molecular complexity index is 1350. The molecule has 2 heterocycles. The maximum Gasteiger partial charge on any atom is 0.573 e. The molecule has 0 saturated carbocycles. The number of anilines is 2. The van der Waals surface area contributed by atoms with Gasteiger partial charge in [-0.2, -0.15) is 0 Å². The van der Waals surface area contributed by atoms with Gasteiger partial charge in [0.15, 0.2) is 11.7 Å². The Kier molecular flexibility index (Phi) is 5.34. The molecular formula is C19H14F3N5O4S. The first-order chi connectivity index (χ1) is 15.1. The van der Waals surface area contributed by atoms with E-state index in [1.165, 1.54) is 30.3 Å². The third-order valence-corrected chi connectivity index (χ3v) is 5.21. The lowest BCUT2D eigenvalue weighted by molar-refractivity contribution is -0.274. The van der Waals surface area contributed by atoms with Crippen LogP contribution in [-0.2, 0) is 16.6 Å². The molecule has 2 aromatic heterocycles. The summed E-state index contributed by atoms with van der Waals surface area (Å²) >= 11 is 1.13. The first kappa shape index (κ1) is 21.4. The predicted octanol–water partition coefficient (Wildman–Crippen LogP) is 3.47. The lowest BCUT2D eigenvalue weighted by Crippen LogP contribution is -2.20. The van der Waals surface area contributed by atoms with Gasteiger partial charge in [-0.15, -0.1) is 13.2 Å². The van der Waals surface area contributed by atoms with Crippen molar-refractivity contribution in [2.75, 3.05) is 11.9 Å². The number of nitrogens with one attached hydrogen (secondary N) is 1. The van der Waals surface area contributed by atoms with E-state index >= 15 is 0 Å². The number of carbonyl (C=O) groups is 2. The molecule has 0 saturated heterocycles. The number of hydrogen-bond donors (Lipinski definition) is 2. The Morgan fingerprint density at radius 1 is 1.16 bits per heavy atom. The SMILES string of the molecule is Cn1c(Nc2nc3ccc(OC(F)(F)F)cc3s2)nc2cc(C(=O)OCC(N)=O)ccc21. The number of imidazole rings is 1. The second kappa shape index (κ2) is 8.00. The van der Waals surface area contributed by atoms with Crippen LogP contribution in [0, 0.1) is 0 Å². The van der Waals surface area contributed by atoms with Crippen LogP contribution in [0.3, 0.4) is 0 Å². The molecule has 0 aliphatic rings. The zero-order valence-corrected chi connectivity index (χ0v) is 17.1. The maximum absolute atomic E-state index is 12.4. The standard InChI is InChI=1S/C19H14F3N5O4S/c1-27-13-5-2-9(16(29)30-8-15(23)28)6-12(13)24-17(27)26-18-25-11-4-3-10(7-14(11)32-18)31-19(20,21)22/h2-7H,8H2,1H3,(H2,23,28)(H,24,25,26). The number of carbonyl (C=O) groups excluding carboxylic acids is 2. The Hall–Kier alpha value is -3.87. The normalized spacial score (nSPS) is 11.6. The highest BCUT2D eigenvalue weighted by Gasteiger charge is 2.31. The topological polar surface area (TPSA) is 121 Å². The largest absolute Gasteiger partial charge is 0.573 e. The molecular weight excluding hydrogens is 451 g/mol. The molecule has 4 aromatic rings. The minimum absolute atomic E-state index is 0.195. The zero-order valence-electron chi connectivity index (χ0n) is 16.3. The van der Waals surface area contributed by atoms with Gasteiger partial charge in [-0.05, 0) is 30.3 Å². The van der Waals surface area contributed by atoms with Gasteiger partial charge >= 0.3 is 12.3 Å². The monoisotopic (exact) mass is 465 g/mol. The fourth-order valence-corrected chi connectivity index (χ4v) is 3.80. The Morgan fingerprint density at radius 3 is 2.66 bits per heavy atom. The molecule has 1 amide bonds. The maximum atomic E-state index is 12.4. The van der Waals surface area contributed by atoms with Gasteiger partial charge in [0.2, 0.25) is 5.95 Å². The first-order valence-electron chi connectivity index (χ1n) is 8.94. The number of fused-ring (bicyclic) bond motifs is 2. The molecule has 4 rings (SSSR count). The van der Waals surface area contributed by atoms with Crippen LogP contribution in [0.5, 0.6) is 5.75 Å². The van der Waals surface area contributed by atoms with E-state index in [4.69, 9.17) is 10.5 Å². The van der Waals surface area contributed by atoms with Crippen LogP contribution in [0.1, 0.15) is 10.4 Å². The molecule has 3 N–H and O–H groups in total. The summed E-state index contributed by atoms with van der Waals surface area (Å²) < 4.78 is 48.2. The van der Waals surface area contributed by atoms with Gasteiger partial charge in [0.25, 0.3) is 5.91 Å². The fourth-order valence-electron chi connectivity index (χ4n) is 2.91. The molecule has 13 heteroatoms. The quantitative estimate of drug-likeness (QED) is 0.418. The van der Waals surface area contributed by atoms with E-state index < -0.39 is 24.8 Å². The zero-order chi connectivity index (χ0) is 23.0. The average molecular weight is 465 g/mol. The molecule has 0 atom stereocenters. The number of ether oxygens (including phenoxy) is 2. The number of benzene rings is 2. The number of amides is 1. The Balaban J connectivity index is 1.58. The number of esters is 1. The summed E-state index contributed by atoms with van der Waals surface area (Å²) in [6.07, 6.45) is -4.78. The van der Waals surface area contributed by atoms with Crippen molar-refractivity contribution in [2.45, 2.75) is 6.36 Å². The van der Waals surface area contributed by atoms with Gasteiger partial charge in [0.1, 0.15) is 5.75 Å². The van der Waals surface area contributed by atoms with Crippen LogP contribution >= 0.6 is 11.3 Å². The second-order valence-electron chi connectivity index (χ2n) is 6.56. The van der Waals surface area contributed by atoms with Crippen LogP contribution in [-0.4, -0.2) is 39.4 Å². The van der Waals surface area contributed by atoms with Crippen LogP contribution in [0.15, 0.2) is 36.4 Å². The van der Waals surface area contributed by atoms with Crippen molar-refractivity contribution >= 4 is 55.5 Å². The van der Waals surface area contributed by atoms with Gasteiger partial charge in [-0.3, -0.25) is 4.79 Å². The minimum atomic E-state index is -4.78. The number of hydrogen-bond acceptors (Lipinski definition) is 8. The van der Waals surface area contributed by atoms with E-state index in [1.54, 1.807) is 17.7 Å². The molecule has 0 fully saturated rings. The van der Waals surface area contributed by atoms with E-state index in [9.17, 15) is 22.8 Å². The fraction of sp³-hybridized carbons (Fsp3) is 0.158. The van der Waals surface area contributed by atoms with Crippen LogP contribution < -0.4 is 15.8 Å². The van der Waals surface area contributed by atoms with E-state index in [0.717, 1.165) is 11.3 Å². The number of aromatic nitrogens is 3. The van der Waals surface area contributed by atoms with Crippen LogP contribution in [0.2, 0.25) is 0 Å². The molecule has 9 nitrogen and oxygen atoms in total. The summed E-state index contributed by atoms with van der Waals surface area (Å²) in [6, 6.07) is 8.56. The highest BCUT2D eigenvalue weighted by atomic mass is 32.1. The number of aryl methyl sites for hydroxylation is 1. The number of primary amides is 1. The Labute approximate surface area is 181 Å². The van der Waals surface area contributed by atoms with Crippen molar-refractivity contribution in [3.63, 3.8) is 0 Å². The molecule has 0 unspecified atom stereocenters. The van der Waals surface area contributed by atoms with Crippen molar-refractivity contribution in [1.82, 2.24) is 14.5 Å². The lowest BCUT2D eigenvalue weighted by atomic mass is 10.2. The molecule has 166 valence electrons. The number of halogens is 3. The van der Waals surface area contributed by atoms with Crippen molar-refractivity contribution < 1.29 is 32.2 Å². The summed E-state index contributed by atoms with van der Waals surface area (Å²) in [5.41, 5.74) is 6.83. The minimum Gasteiger partial charge on any atom is -0.452 e. The first-order valence-corrected chi connectivity index (χ1v) is 9.76. The Morgan fingerprint density at radius 2 is 1.94 bits per heavy atom.